The quantitative estimate of drug-likeness (QED) is 0.911. The molecule has 0 aliphatic carbocycles. The summed E-state index contributed by atoms with van der Waals surface area (Å²) in [5.41, 5.74) is 1.59. The van der Waals surface area contributed by atoms with Gasteiger partial charge in [-0.05, 0) is 19.1 Å². The lowest BCUT2D eigenvalue weighted by Gasteiger charge is -2.34. The average molecular weight is 344 g/mol. The summed E-state index contributed by atoms with van der Waals surface area (Å²) in [6, 6.07) is 5.61. The van der Waals surface area contributed by atoms with Crippen LogP contribution in [0.1, 0.15) is 11.5 Å². The van der Waals surface area contributed by atoms with Gasteiger partial charge in [0.15, 0.2) is 5.76 Å². The number of hydrogen-bond acceptors (Lipinski definition) is 6. The molecule has 0 radical (unpaired) electrons. The summed E-state index contributed by atoms with van der Waals surface area (Å²) >= 11 is 0. The molecule has 2 aromatic heterocycles. The Morgan fingerprint density at radius 2 is 2.04 bits per heavy atom. The maximum atomic E-state index is 12.4. The molecule has 1 N–H and O–H groups in total. The summed E-state index contributed by atoms with van der Waals surface area (Å²) in [5.74, 6) is 1.72. The highest BCUT2D eigenvalue weighted by atomic mass is 16.5. The van der Waals surface area contributed by atoms with Gasteiger partial charge in [-0.25, -0.2) is 9.78 Å². The highest BCUT2D eigenvalue weighted by Gasteiger charge is 2.22. The molecule has 0 saturated carbocycles. The Morgan fingerprint density at radius 1 is 1.28 bits per heavy atom. The predicted octanol–water partition coefficient (Wildman–Crippen LogP) is 1.79. The van der Waals surface area contributed by atoms with Gasteiger partial charge in [-0.3, -0.25) is 4.90 Å². The molecule has 2 aromatic rings. The SMILES string of the molecule is Cc1cc(CN2CCN(C(=O)Nc3ccc(N(C)C)nc3)CC2)on1. The number of piperazine rings is 1. The number of aryl methyl sites for hydroxylation is 1. The number of anilines is 2. The number of rotatable bonds is 4. The summed E-state index contributed by atoms with van der Waals surface area (Å²) in [7, 11) is 3.86. The number of carbonyl (C=O) groups excluding carboxylic acids is 1. The Labute approximate surface area is 147 Å². The van der Waals surface area contributed by atoms with Crippen LogP contribution in [0.15, 0.2) is 28.9 Å². The largest absolute Gasteiger partial charge is 0.363 e. The number of hydrogen-bond donors (Lipinski definition) is 1. The Bertz CT molecular complexity index is 704. The minimum Gasteiger partial charge on any atom is -0.363 e. The standard InChI is InChI=1S/C17H24N6O2/c1-13-10-15(25-20-13)12-22-6-8-23(9-7-22)17(24)19-14-4-5-16(18-11-14)21(2)3/h4-5,10-11H,6-9,12H2,1-3H3,(H,19,24). The molecule has 2 amide bonds. The third-order valence-electron chi connectivity index (χ3n) is 4.17. The maximum Gasteiger partial charge on any atom is 0.321 e. The third-order valence-corrected chi connectivity index (χ3v) is 4.17. The molecule has 0 spiro atoms. The molecule has 1 aliphatic heterocycles. The van der Waals surface area contributed by atoms with Crippen molar-refractivity contribution in [3.05, 3.63) is 35.9 Å². The van der Waals surface area contributed by atoms with Crippen molar-refractivity contribution in [3.8, 4) is 0 Å². The maximum absolute atomic E-state index is 12.4. The van der Waals surface area contributed by atoms with E-state index in [4.69, 9.17) is 4.52 Å². The van der Waals surface area contributed by atoms with E-state index in [1.54, 1.807) is 6.20 Å². The molecule has 8 heteroatoms. The molecule has 1 aliphatic rings. The molecule has 1 fully saturated rings. The zero-order valence-corrected chi connectivity index (χ0v) is 14.9. The fourth-order valence-electron chi connectivity index (χ4n) is 2.75. The topological polar surface area (TPSA) is 77.7 Å². The van der Waals surface area contributed by atoms with Crippen LogP contribution in [0.3, 0.4) is 0 Å². The van der Waals surface area contributed by atoms with Crippen molar-refractivity contribution in [2.24, 2.45) is 0 Å². The van der Waals surface area contributed by atoms with E-state index in [2.05, 4.69) is 20.4 Å². The molecule has 3 rings (SSSR count). The van der Waals surface area contributed by atoms with Crippen molar-refractivity contribution in [1.82, 2.24) is 19.9 Å². The van der Waals surface area contributed by atoms with Gasteiger partial charge in [0.2, 0.25) is 0 Å². The second-order valence-electron chi connectivity index (χ2n) is 6.43. The van der Waals surface area contributed by atoms with Gasteiger partial charge in [0.1, 0.15) is 5.82 Å². The lowest BCUT2D eigenvalue weighted by Crippen LogP contribution is -2.49. The highest BCUT2D eigenvalue weighted by molar-refractivity contribution is 5.89. The van der Waals surface area contributed by atoms with Gasteiger partial charge in [0.05, 0.1) is 24.1 Å². The van der Waals surface area contributed by atoms with Crippen molar-refractivity contribution in [2.45, 2.75) is 13.5 Å². The van der Waals surface area contributed by atoms with Crippen LogP contribution in [-0.4, -0.2) is 66.2 Å². The van der Waals surface area contributed by atoms with Gasteiger partial charge in [0, 0.05) is 46.3 Å². The summed E-state index contributed by atoms with van der Waals surface area (Å²) in [5, 5.41) is 6.81. The Morgan fingerprint density at radius 3 is 2.60 bits per heavy atom. The number of carbonyl (C=O) groups is 1. The van der Waals surface area contributed by atoms with E-state index in [1.165, 1.54) is 0 Å². The van der Waals surface area contributed by atoms with Gasteiger partial charge < -0.3 is 19.6 Å². The Kier molecular flexibility index (Phi) is 5.18. The van der Waals surface area contributed by atoms with Gasteiger partial charge >= 0.3 is 6.03 Å². The molecule has 0 bridgehead atoms. The van der Waals surface area contributed by atoms with Crippen LogP contribution in [0.4, 0.5) is 16.3 Å². The van der Waals surface area contributed by atoms with Crippen LogP contribution in [0.5, 0.6) is 0 Å². The van der Waals surface area contributed by atoms with Gasteiger partial charge in [0.25, 0.3) is 0 Å². The van der Waals surface area contributed by atoms with Crippen molar-refractivity contribution in [3.63, 3.8) is 0 Å². The fraction of sp³-hybridized carbons (Fsp3) is 0.471. The first kappa shape index (κ1) is 17.2. The van der Waals surface area contributed by atoms with Crippen molar-refractivity contribution in [1.29, 1.82) is 0 Å². The summed E-state index contributed by atoms with van der Waals surface area (Å²) < 4.78 is 5.25. The molecule has 0 atom stereocenters. The van der Waals surface area contributed by atoms with E-state index in [9.17, 15) is 4.79 Å². The molecular formula is C17H24N6O2. The van der Waals surface area contributed by atoms with E-state index in [-0.39, 0.29) is 6.03 Å². The van der Waals surface area contributed by atoms with Crippen LogP contribution >= 0.6 is 0 Å². The van der Waals surface area contributed by atoms with Crippen LogP contribution in [0.25, 0.3) is 0 Å². The number of amides is 2. The summed E-state index contributed by atoms with van der Waals surface area (Å²) in [6.45, 7) is 5.63. The van der Waals surface area contributed by atoms with Gasteiger partial charge in [-0.15, -0.1) is 0 Å². The van der Waals surface area contributed by atoms with Crippen LogP contribution < -0.4 is 10.2 Å². The predicted molar refractivity (Wildman–Crippen MR) is 95.7 cm³/mol. The van der Waals surface area contributed by atoms with E-state index in [0.717, 1.165) is 36.9 Å². The number of nitrogens with one attached hydrogen (secondary N) is 1. The van der Waals surface area contributed by atoms with Crippen molar-refractivity contribution >= 4 is 17.5 Å². The van der Waals surface area contributed by atoms with E-state index in [1.807, 2.05) is 49.0 Å². The van der Waals surface area contributed by atoms with E-state index in [0.29, 0.717) is 18.8 Å². The number of nitrogens with zero attached hydrogens (tertiary/aromatic N) is 5. The molecule has 25 heavy (non-hydrogen) atoms. The molecule has 0 unspecified atom stereocenters. The van der Waals surface area contributed by atoms with Crippen LogP contribution in [-0.2, 0) is 6.54 Å². The molecular weight excluding hydrogens is 320 g/mol. The minimum absolute atomic E-state index is 0.0884. The summed E-state index contributed by atoms with van der Waals surface area (Å²) in [6.07, 6.45) is 1.68. The Balaban J connectivity index is 1.48. The molecule has 3 heterocycles. The lowest BCUT2D eigenvalue weighted by atomic mass is 10.3. The van der Waals surface area contributed by atoms with Gasteiger partial charge in [-0.1, -0.05) is 5.16 Å². The average Bonchev–Trinajstić information content (AvgIpc) is 3.01. The lowest BCUT2D eigenvalue weighted by molar-refractivity contribution is 0.134. The number of urea groups is 1. The Hall–Kier alpha value is -2.61. The second kappa shape index (κ2) is 7.52. The first-order valence-corrected chi connectivity index (χ1v) is 8.35. The second-order valence-corrected chi connectivity index (χ2v) is 6.43. The number of pyridine rings is 1. The highest BCUT2D eigenvalue weighted by Crippen LogP contribution is 2.14. The number of aromatic nitrogens is 2. The van der Waals surface area contributed by atoms with Crippen LogP contribution in [0.2, 0.25) is 0 Å². The molecule has 134 valence electrons. The summed E-state index contributed by atoms with van der Waals surface area (Å²) in [4.78, 5) is 22.7. The van der Waals surface area contributed by atoms with Crippen molar-refractivity contribution in [2.75, 3.05) is 50.5 Å². The minimum atomic E-state index is -0.0884. The first-order chi connectivity index (χ1) is 12.0. The zero-order chi connectivity index (χ0) is 17.8. The van der Waals surface area contributed by atoms with Crippen molar-refractivity contribution < 1.29 is 9.32 Å². The van der Waals surface area contributed by atoms with Crippen LogP contribution in [0, 0.1) is 6.92 Å². The third kappa shape index (κ3) is 4.48. The van der Waals surface area contributed by atoms with Gasteiger partial charge in [-0.2, -0.15) is 0 Å². The van der Waals surface area contributed by atoms with E-state index < -0.39 is 0 Å². The monoisotopic (exact) mass is 344 g/mol. The normalized spacial score (nSPS) is 15.2. The van der Waals surface area contributed by atoms with E-state index >= 15 is 0 Å². The first-order valence-electron chi connectivity index (χ1n) is 8.35. The fourth-order valence-corrected chi connectivity index (χ4v) is 2.75. The zero-order valence-electron chi connectivity index (χ0n) is 14.9. The molecule has 8 nitrogen and oxygen atoms in total. The molecule has 0 aromatic carbocycles. The molecule has 1 saturated heterocycles. The smallest absolute Gasteiger partial charge is 0.321 e.